The molecule has 3 aromatic rings. The Hall–Kier alpha value is -4.49. The van der Waals surface area contributed by atoms with Crippen molar-refractivity contribution in [1.29, 1.82) is 0 Å². The van der Waals surface area contributed by atoms with E-state index in [1.165, 1.54) is 0 Å². The van der Waals surface area contributed by atoms with Crippen molar-refractivity contribution in [3.05, 3.63) is 119 Å². The molecule has 0 amide bonds. The van der Waals surface area contributed by atoms with E-state index in [0.29, 0.717) is 6.54 Å². The summed E-state index contributed by atoms with van der Waals surface area (Å²) in [5.74, 6) is 1.63. The van der Waals surface area contributed by atoms with Crippen LogP contribution in [-0.2, 0) is 11.4 Å². The van der Waals surface area contributed by atoms with Crippen molar-refractivity contribution in [2.45, 2.75) is 6.54 Å². The zero-order chi connectivity index (χ0) is 24.9. The van der Waals surface area contributed by atoms with Gasteiger partial charge in [0.1, 0.15) is 5.84 Å². The molecule has 180 valence electrons. The zero-order valence-electron chi connectivity index (χ0n) is 20.6. The molecular formula is C29H28N6O. The van der Waals surface area contributed by atoms with Gasteiger partial charge in [-0.3, -0.25) is 15.0 Å². The van der Waals surface area contributed by atoms with Crippen molar-refractivity contribution in [3.63, 3.8) is 0 Å². The Morgan fingerprint density at radius 2 is 1.89 bits per heavy atom. The topological polar surface area (TPSA) is 74.1 Å². The van der Waals surface area contributed by atoms with Crippen LogP contribution < -0.4 is 10.8 Å². The maximum absolute atomic E-state index is 5.49. The van der Waals surface area contributed by atoms with Crippen LogP contribution in [0.5, 0.6) is 0 Å². The third kappa shape index (κ3) is 4.82. The Bertz CT molecular complexity index is 1400. The second-order valence-electron chi connectivity index (χ2n) is 8.35. The van der Waals surface area contributed by atoms with Gasteiger partial charge in [0.25, 0.3) is 0 Å². The zero-order valence-corrected chi connectivity index (χ0v) is 20.6. The molecule has 1 aliphatic heterocycles. The van der Waals surface area contributed by atoms with Crippen LogP contribution in [0.15, 0.2) is 118 Å². The highest BCUT2D eigenvalue weighted by atomic mass is 16.7. The molecule has 7 nitrogen and oxygen atoms in total. The number of hydrogen-bond donors (Lipinski definition) is 2. The Morgan fingerprint density at radius 3 is 2.64 bits per heavy atom. The predicted octanol–water partition coefficient (Wildman–Crippen LogP) is 4.75. The minimum atomic E-state index is 0.560. The number of hydrogen-bond acceptors (Lipinski definition) is 6. The molecule has 1 aromatic heterocycles. The average molecular weight is 477 g/mol. The number of pyridine rings is 1. The summed E-state index contributed by atoms with van der Waals surface area (Å²) in [5.41, 5.74) is 10.8. The normalized spacial score (nSPS) is 15.0. The highest BCUT2D eigenvalue weighted by Gasteiger charge is 2.37. The van der Waals surface area contributed by atoms with Gasteiger partial charge in [0, 0.05) is 56.5 Å². The summed E-state index contributed by atoms with van der Waals surface area (Å²) in [4.78, 5) is 21.5. The van der Waals surface area contributed by atoms with E-state index in [-0.39, 0.29) is 0 Å². The summed E-state index contributed by atoms with van der Waals surface area (Å²) in [6.45, 7) is 0.560. The Labute approximate surface area is 211 Å². The van der Waals surface area contributed by atoms with E-state index < -0.39 is 0 Å². The number of fused-ring (bicyclic) bond motifs is 1. The predicted molar refractivity (Wildman–Crippen MR) is 145 cm³/mol. The summed E-state index contributed by atoms with van der Waals surface area (Å²) in [6.07, 6.45) is 7.81. The number of hydroxylamine groups is 1. The van der Waals surface area contributed by atoms with Crippen molar-refractivity contribution in [3.8, 4) is 11.1 Å². The van der Waals surface area contributed by atoms with E-state index in [1.54, 1.807) is 20.3 Å². The first kappa shape index (κ1) is 23.3. The molecular weight excluding hydrogens is 448 g/mol. The highest BCUT2D eigenvalue weighted by Crippen LogP contribution is 2.44. The largest absolute Gasteiger partial charge is 0.406 e. The van der Waals surface area contributed by atoms with Gasteiger partial charge in [0.2, 0.25) is 0 Å². The SMILES string of the molecule is C/N=C(/NCc1ccccn1)c1c(/N=C/C2=CN(C)C3=C(ONC)C3=C2)cccc1-c1ccccc1. The molecule has 2 N–H and O–H groups in total. The van der Waals surface area contributed by atoms with Gasteiger partial charge >= 0.3 is 0 Å². The second kappa shape index (κ2) is 10.4. The minimum Gasteiger partial charge on any atom is -0.406 e. The summed E-state index contributed by atoms with van der Waals surface area (Å²) in [7, 11) is 5.56. The van der Waals surface area contributed by atoms with Crippen LogP contribution in [0, 0.1) is 0 Å². The lowest BCUT2D eigenvalue weighted by Crippen LogP contribution is -2.25. The lowest BCUT2D eigenvalue weighted by molar-refractivity contribution is 0.143. The highest BCUT2D eigenvalue weighted by molar-refractivity contribution is 6.09. The maximum Gasteiger partial charge on any atom is 0.180 e. The minimum absolute atomic E-state index is 0.560. The Kier molecular flexibility index (Phi) is 6.73. The fourth-order valence-electron chi connectivity index (χ4n) is 4.28. The van der Waals surface area contributed by atoms with Gasteiger partial charge < -0.3 is 15.1 Å². The lowest BCUT2D eigenvalue weighted by atomic mass is 9.97. The van der Waals surface area contributed by atoms with E-state index in [4.69, 9.17) is 9.83 Å². The molecule has 7 heteroatoms. The molecule has 2 aliphatic rings. The number of benzene rings is 2. The first-order valence-corrected chi connectivity index (χ1v) is 11.8. The van der Waals surface area contributed by atoms with E-state index in [9.17, 15) is 0 Å². The van der Waals surface area contributed by atoms with Gasteiger partial charge in [-0.15, -0.1) is 0 Å². The fraction of sp³-hybridized carbons (Fsp3) is 0.138. The van der Waals surface area contributed by atoms with E-state index in [2.05, 4.69) is 49.9 Å². The first-order valence-electron chi connectivity index (χ1n) is 11.8. The lowest BCUT2D eigenvalue weighted by Gasteiger charge is -2.17. The molecule has 2 aromatic carbocycles. The molecule has 0 spiro atoms. The van der Waals surface area contributed by atoms with E-state index in [0.717, 1.165) is 56.5 Å². The van der Waals surface area contributed by atoms with Crippen LogP contribution in [0.2, 0.25) is 0 Å². The molecule has 0 atom stereocenters. The van der Waals surface area contributed by atoms with Crippen LogP contribution in [0.25, 0.3) is 11.1 Å². The number of aliphatic imine (C=N–C) groups is 2. The van der Waals surface area contributed by atoms with Crippen molar-refractivity contribution in [1.82, 2.24) is 20.7 Å². The second-order valence-corrected chi connectivity index (χ2v) is 8.35. The molecule has 0 unspecified atom stereocenters. The maximum atomic E-state index is 5.49. The van der Waals surface area contributed by atoms with Gasteiger partial charge in [-0.25, -0.2) is 0 Å². The molecule has 0 bridgehead atoms. The van der Waals surface area contributed by atoms with Gasteiger partial charge in [0.15, 0.2) is 5.76 Å². The number of likely N-dealkylation sites (N-methyl/N-ethyl adjacent to an activating group) is 1. The van der Waals surface area contributed by atoms with Crippen molar-refractivity contribution in [2.75, 3.05) is 21.1 Å². The quantitative estimate of drug-likeness (QED) is 0.279. The molecule has 0 saturated heterocycles. The van der Waals surface area contributed by atoms with Crippen LogP contribution >= 0.6 is 0 Å². The number of nitrogens with zero attached hydrogens (tertiary/aromatic N) is 4. The Morgan fingerprint density at radius 1 is 1.06 bits per heavy atom. The number of allylic oxidation sites excluding steroid dienone is 4. The molecule has 0 radical (unpaired) electrons. The van der Waals surface area contributed by atoms with E-state index >= 15 is 0 Å². The van der Waals surface area contributed by atoms with Crippen LogP contribution in [0.3, 0.4) is 0 Å². The third-order valence-electron chi connectivity index (χ3n) is 5.97. The summed E-state index contributed by atoms with van der Waals surface area (Å²) in [5, 5.41) is 3.48. The monoisotopic (exact) mass is 476 g/mol. The summed E-state index contributed by atoms with van der Waals surface area (Å²) in [6, 6.07) is 22.3. The molecule has 36 heavy (non-hydrogen) atoms. The van der Waals surface area contributed by atoms with Gasteiger partial charge in [-0.2, -0.15) is 5.48 Å². The van der Waals surface area contributed by atoms with Crippen LogP contribution in [0.4, 0.5) is 5.69 Å². The Balaban J connectivity index is 1.49. The summed E-state index contributed by atoms with van der Waals surface area (Å²) < 4.78 is 0. The number of nitrogens with one attached hydrogen (secondary N) is 2. The van der Waals surface area contributed by atoms with Gasteiger partial charge in [0.05, 0.1) is 23.6 Å². The fourth-order valence-corrected chi connectivity index (χ4v) is 4.28. The summed E-state index contributed by atoms with van der Waals surface area (Å²) >= 11 is 0. The number of amidine groups is 1. The average Bonchev–Trinajstić information content (AvgIpc) is 3.62. The van der Waals surface area contributed by atoms with E-state index in [1.807, 2.05) is 68.0 Å². The first-order chi connectivity index (χ1) is 17.7. The molecule has 0 fully saturated rings. The number of aromatic nitrogens is 1. The van der Waals surface area contributed by atoms with Crippen molar-refractivity contribution < 1.29 is 4.84 Å². The standard InChI is InChI=1S/C29H28N6O/c1-30-29(34-18-22-12-7-8-15-32-22)26-23(21-10-5-4-6-11-21)13-9-14-25(26)33-17-20-16-24-27(35(3)19-20)28(24)36-31-2/h4-17,19,31H,18H2,1-3H3,(H,30,34)/b33-17+. The van der Waals surface area contributed by atoms with Crippen molar-refractivity contribution >= 4 is 17.7 Å². The van der Waals surface area contributed by atoms with Crippen LogP contribution in [0.1, 0.15) is 11.3 Å². The molecule has 5 rings (SSSR count). The van der Waals surface area contributed by atoms with Crippen molar-refractivity contribution in [2.24, 2.45) is 9.98 Å². The molecule has 1 aliphatic carbocycles. The number of rotatable bonds is 8. The van der Waals surface area contributed by atoms with Gasteiger partial charge in [-0.05, 0) is 35.4 Å². The van der Waals surface area contributed by atoms with Crippen LogP contribution in [-0.4, -0.2) is 43.1 Å². The third-order valence-corrected chi connectivity index (χ3v) is 5.97. The molecule has 2 heterocycles. The van der Waals surface area contributed by atoms with Gasteiger partial charge in [-0.1, -0.05) is 48.5 Å². The smallest absolute Gasteiger partial charge is 0.180 e. The molecule has 0 saturated carbocycles.